The molecule has 1 rings (SSSR count). The van der Waals surface area contributed by atoms with Crippen LogP contribution < -0.4 is 0 Å². The zero-order valence-electron chi connectivity index (χ0n) is 5.16. The zero-order valence-corrected chi connectivity index (χ0v) is 8.60. The van der Waals surface area contributed by atoms with Gasteiger partial charge in [0.2, 0.25) is 0 Å². The third kappa shape index (κ3) is 5.81. The number of rotatable bonds is 0. The predicted molar refractivity (Wildman–Crippen MR) is 39.6 cm³/mol. The second kappa shape index (κ2) is 5.67. The van der Waals surface area contributed by atoms with Crippen molar-refractivity contribution in [3.05, 3.63) is 0 Å². The summed E-state index contributed by atoms with van der Waals surface area (Å²) in [5.41, 5.74) is 0. The summed E-state index contributed by atoms with van der Waals surface area (Å²) in [6, 6.07) is 0. The summed E-state index contributed by atoms with van der Waals surface area (Å²) in [6.07, 6.45) is 1.75. The fraction of sp³-hybridized carbons (Fsp3) is 1.00. The Morgan fingerprint density at radius 3 is 1.50 bits per heavy atom. The summed E-state index contributed by atoms with van der Waals surface area (Å²) < 4.78 is 20.9. The van der Waals surface area contributed by atoms with Gasteiger partial charge in [-0.2, -0.15) is 0 Å². The van der Waals surface area contributed by atoms with Gasteiger partial charge in [-0.25, -0.2) is 8.42 Å². The molecule has 0 saturated carbocycles. The molecule has 1 heterocycles. The van der Waals surface area contributed by atoms with E-state index in [-0.39, 0.29) is 13.1 Å². The molecule has 1 aliphatic heterocycles. The maximum atomic E-state index is 10.4. The third-order valence-electron chi connectivity index (χ3n) is 1.16. The van der Waals surface area contributed by atoms with Crippen LogP contribution in [0, 0.1) is 0 Å². The first-order valence-electron chi connectivity index (χ1n) is 2.68. The van der Waals surface area contributed by atoms with Gasteiger partial charge in [0.25, 0.3) is 0 Å². The SMILES string of the molecule is O=S1(=O)CCCC1.[Cl][Fe][Cl]. The van der Waals surface area contributed by atoms with Crippen LogP contribution in [0.4, 0.5) is 0 Å². The van der Waals surface area contributed by atoms with Crippen molar-refractivity contribution in [2.75, 3.05) is 11.5 Å². The van der Waals surface area contributed by atoms with Crippen LogP contribution >= 0.6 is 20.2 Å². The topological polar surface area (TPSA) is 34.1 Å². The summed E-state index contributed by atoms with van der Waals surface area (Å²) >= 11 is 0.194. The second-order valence-electron chi connectivity index (χ2n) is 1.91. The van der Waals surface area contributed by atoms with E-state index in [0.717, 1.165) is 12.8 Å². The van der Waals surface area contributed by atoms with E-state index in [9.17, 15) is 8.42 Å². The van der Waals surface area contributed by atoms with Gasteiger partial charge in [-0.3, -0.25) is 0 Å². The Morgan fingerprint density at radius 1 is 1.10 bits per heavy atom. The van der Waals surface area contributed by atoms with Gasteiger partial charge in [0.15, 0.2) is 0 Å². The van der Waals surface area contributed by atoms with E-state index in [4.69, 9.17) is 20.2 Å². The van der Waals surface area contributed by atoms with Gasteiger partial charge in [-0.1, -0.05) is 0 Å². The molecule has 0 radical (unpaired) electrons. The molecule has 0 aromatic carbocycles. The van der Waals surface area contributed by atoms with Gasteiger partial charge in [-0.05, 0) is 12.8 Å². The van der Waals surface area contributed by atoms with E-state index >= 15 is 0 Å². The molecule has 0 unspecified atom stereocenters. The van der Waals surface area contributed by atoms with Crippen molar-refractivity contribution in [1.82, 2.24) is 0 Å². The Bertz CT molecular complexity index is 156. The van der Waals surface area contributed by atoms with Gasteiger partial charge in [0.1, 0.15) is 9.84 Å². The van der Waals surface area contributed by atoms with Crippen molar-refractivity contribution in [2.24, 2.45) is 0 Å². The molecule has 0 bridgehead atoms. The molecule has 0 aromatic heterocycles. The van der Waals surface area contributed by atoms with Crippen molar-refractivity contribution in [1.29, 1.82) is 0 Å². The molecular formula is C4H8Cl2FeO2S. The van der Waals surface area contributed by atoms with Crippen LogP contribution in [-0.2, 0) is 23.0 Å². The van der Waals surface area contributed by atoms with Gasteiger partial charge in [0, 0.05) is 0 Å². The minimum atomic E-state index is -2.55. The van der Waals surface area contributed by atoms with Crippen molar-refractivity contribution in [2.45, 2.75) is 12.8 Å². The normalized spacial score (nSPS) is 21.8. The van der Waals surface area contributed by atoms with Crippen LogP contribution in [0.2, 0.25) is 0 Å². The molecule has 0 spiro atoms. The number of halogens is 2. The van der Waals surface area contributed by atoms with E-state index in [1.54, 1.807) is 0 Å². The van der Waals surface area contributed by atoms with E-state index in [1.807, 2.05) is 0 Å². The van der Waals surface area contributed by atoms with Crippen molar-refractivity contribution in [3.8, 4) is 0 Å². The third-order valence-corrected chi connectivity index (χ3v) is 2.98. The Labute approximate surface area is 75.8 Å². The van der Waals surface area contributed by atoms with E-state index in [2.05, 4.69) is 0 Å². The molecule has 0 aromatic rings. The average molecular weight is 247 g/mol. The van der Waals surface area contributed by atoms with Gasteiger partial charge in [0.05, 0.1) is 11.5 Å². The predicted octanol–water partition coefficient (Wildman–Crippen LogP) is 1.57. The summed E-state index contributed by atoms with van der Waals surface area (Å²) in [5, 5.41) is 0. The summed E-state index contributed by atoms with van der Waals surface area (Å²) in [4.78, 5) is 0. The summed E-state index contributed by atoms with van der Waals surface area (Å²) in [5.74, 6) is 0.847. The molecule has 10 heavy (non-hydrogen) atoms. The number of hydrogen-bond donors (Lipinski definition) is 0. The molecule has 6 heteroatoms. The molecule has 64 valence electrons. The fourth-order valence-electron chi connectivity index (χ4n) is 0.746. The fourth-order valence-corrected chi connectivity index (χ4v) is 2.24. The van der Waals surface area contributed by atoms with E-state index < -0.39 is 9.84 Å². The molecule has 1 aliphatic rings. The first kappa shape index (κ1) is 11.0. The molecule has 0 amide bonds. The van der Waals surface area contributed by atoms with Crippen molar-refractivity contribution >= 4 is 30.0 Å². The van der Waals surface area contributed by atoms with Crippen LogP contribution in [0.1, 0.15) is 12.8 Å². The molecular weight excluding hydrogens is 239 g/mol. The average Bonchev–Trinajstić information content (AvgIpc) is 2.16. The Kier molecular flexibility index (Phi) is 6.26. The zero-order chi connectivity index (χ0) is 8.04. The van der Waals surface area contributed by atoms with Crippen LogP contribution in [0.25, 0.3) is 0 Å². The van der Waals surface area contributed by atoms with Crippen molar-refractivity contribution in [3.63, 3.8) is 0 Å². The molecule has 0 N–H and O–H groups in total. The Morgan fingerprint density at radius 2 is 1.40 bits per heavy atom. The van der Waals surface area contributed by atoms with E-state index in [0.29, 0.717) is 11.5 Å². The Balaban J connectivity index is 0.000000236. The molecule has 1 fully saturated rings. The van der Waals surface area contributed by atoms with Crippen molar-refractivity contribution < 1.29 is 21.6 Å². The summed E-state index contributed by atoms with van der Waals surface area (Å²) in [6.45, 7) is 0. The monoisotopic (exact) mass is 246 g/mol. The van der Waals surface area contributed by atoms with Gasteiger partial charge in [-0.15, -0.1) is 0 Å². The van der Waals surface area contributed by atoms with Crippen LogP contribution in [0.15, 0.2) is 0 Å². The minimum absolute atomic E-state index is 0.194. The quantitative estimate of drug-likeness (QED) is 0.609. The molecule has 2 nitrogen and oxygen atoms in total. The molecule has 1 saturated heterocycles. The van der Waals surface area contributed by atoms with Crippen LogP contribution in [0.3, 0.4) is 0 Å². The molecule has 0 aliphatic carbocycles. The van der Waals surface area contributed by atoms with Gasteiger partial charge >= 0.3 is 33.3 Å². The molecule has 0 atom stereocenters. The maximum absolute atomic E-state index is 10.4. The van der Waals surface area contributed by atoms with Gasteiger partial charge < -0.3 is 0 Å². The number of sulfone groups is 1. The first-order valence-corrected chi connectivity index (χ1v) is 7.54. The van der Waals surface area contributed by atoms with E-state index in [1.165, 1.54) is 0 Å². The Hall–Kier alpha value is 1.05. The summed E-state index contributed by atoms with van der Waals surface area (Å²) in [7, 11) is 6.98. The number of hydrogen-bond acceptors (Lipinski definition) is 2. The first-order chi connectivity index (χ1) is 4.62. The van der Waals surface area contributed by atoms with Crippen LogP contribution in [-0.4, -0.2) is 19.9 Å². The second-order valence-corrected chi connectivity index (χ2v) is 6.04. The van der Waals surface area contributed by atoms with Crippen LogP contribution in [0.5, 0.6) is 0 Å². The standard InChI is InChI=1S/C4H8O2S.2ClH.Fe/c5-7(6)3-1-2-4-7;;;/h1-4H2;2*1H;/q;;;+2/p-2.